The number of rotatable bonds is 12. The molecule has 3 aromatic carbocycles. The molecule has 10 heteroatoms. The molecule has 0 aliphatic heterocycles. The molecule has 0 bridgehead atoms. The standard InChI is InChI=1S/C28H29F5N2O3/c1-2-18-6-5-7-19(10-18)16-34-17-25(36)24(13-20-11-22(29)15-23(30)12-20)35-27(37)14-21-8-3-4-9-26(21)38-28(31,32)33/h3-12,15,24-25,34,36H,2,13-14,16-17H2,1H3,(H,35,37)/t24-,25-/m0/s1. The number of aryl methyl sites for hydroxylation is 1. The van der Waals surface area contributed by atoms with E-state index in [9.17, 15) is 31.9 Å². The fourth-order valence-electron chi connectivity index (χ4n) is 4.04. The average molecular weight is 537 g/mol. The molecule has 0 aliphatic rings. The van der Waals surface area contributed by atoms with E-state index in [1.54, 1.807) is 0 Å². The predicted octanol–water partition coefficient (Wildman–Crippen LogP) is 4.85. The van der Waals surface area contributed by atoms with Crippen LogP contribution in [0.25, 0.3) is 0 Å². The molecule has 204 valence electrons. The van der Waals surface area contributed by atoms with Gasteiger partial charge in [-0.25, -0.2) is 8.78 Å². The van der Waals surface area contributed by atoms with Gasteiger partial charge in [-0.1, -0.05) is 49.4 Å². The van der Waals surface area contributed by atoms with Crippen molar-refractivity contribution < 1.29 is 36.6 Å². The minimum absolute atomic E-state index is 0.0127. The zero-order chi connectivity index (χ0) is 27.7. The van der Waals surface area contributed by atoms with E-state index in [2.05, 4.69) is 15.4 Å². The van der Waals surface area contributed by atoms with Crippen molar-refractivity contribution in [3.05, 3.63) is 101 Å². The third-order valence-corrected chi connectivity index (χ3v) is 5.82. The Balaban J connectivity index is 1.71. The molecule has 3 N–H and O–H groups in total. The summed E-state index contributed by atoms with van der Waals surface area (Å²) in [5.41, 5.74) is 2.33. The molecule has 0 saturated carbocycles. The van der Waals surface area contributed by atoms with Gasteiger partial charge in [0.2, 0.25) is 5.91 Å². The monoisotopic (exact) mass is 536 g/mol. The Morgan fingerprint density at radius 2 is 1.63 bits per heavy atom. The predicted molar refractivity (Wildman–Crippen MR) is 132 cm³/mol. The maximum absolute atomic E-state index is 13.8. The molecule has 1 amide bonds. The van der Waals surface area contributed by atoms with E-state index in [0.717, 1.165) is 35.7 Å². The zero-order valence-corrected chi connectivity index (χ0v) is 20.7. The van der Waals surface area contributed by atoms with Crippen LogP contribution in [0, 0.1) is 11.6 Å². The van der Waals surface area contributed by atoms with Crippen LogP contribution in [0.5, 0.6) is 5.75 Å². The first-order chi connectivity index (χ1) is 18.0. The second-order valence-electron chi connectivity index (χ2n) is 8.86. The molecule has 0 spiro atoms. The summed E-state index contributed by atoms with van der Waals surface area (Å²) >= 11 is 0. The second kappa shape index (κ2) is 13.3. The highest BCUT2D eigenvalue weighted by molar-refractivity contribution is 5.79. The number of para-hydroxylation sites is 1. The van der Waals surface area contributed by atoms with E-state index in [1.165, 1.54) is 18.2 Å². The first-order valence-electron chi connectivity index (χ1n) is 12.1. The Bertz CT molecular complexity index is 1200. The molecule has 3 aromatic rings. The summed E-state index contributed by atoms with van der Waals surface area (Å²) in [6.07, 6.45) is -5.83. The summed E-state index contributed by atoms with van der Waals surface area (Å²) in [5, 5.41) is 16.6. The molecule has 5 nitrogen and oxygen atoms in total. The minimum atomic E-state index is -4.94. The van der Waals surface area contributed by atoms with Crippen molar-refractivity contribution in [1.29, 1.82) is 0 Å². The molecule has 2 atom stereocenters. The van der Waals surface area contributed by atoms with Crippen LogP contribution in [-0.4, -0.2) is 36.1 Å². The number of carbonyl (C=O) groups excluding carboxylic acids is 1. The van der Waals surface area contributed by atoms with E-state index in [-0.39, 0.29) is 24.1 Å². The highest BCUT2D eigenvalue weighted by Gasteiger charge is 2.32. The molecule has 0 aliphatic carbocycles. The first kappa shape index (κ1) is 29.1. The van der Waals surface area contributed by atoms with Crippen LogP contribution >= 0.6 is 0 Å². The van der Waals surface area contributed by atoms with Gasteiger partial charge in [-0.05, 0) is 47.7 Å². The third-order valence-electron chi connectivity index (χ3n) is 5.82. The largest absolute Gasteiger partial charge is 0.573 e. The van der Waals surface area contributed by atoms with Gasteiger partial charge < -0.3 is 20.5 Å². The maximum atomic E-state index is 13.8. The molecular formula is C28H29F5N2O3. The molecule has 0 saturated heterocycles. The van der Waals surface area contributed by atoms with Crippen LogP contribution in [0.4, 0.5) is 22.0 Å². The van der Waals surface area contributed by atoms with Crippen molar-refractivity contribution in [3.63, 3.8) is 0 Å². The summed E-state index contributed by atoms with van der Waals surface area (Å²) in [4.78, 5) is 12.8. The van der Waals surface area contributed by atoms with Gasteiger partial charge in [0.1, 0.15) is 17.4 Å². The lowest BCUT2D eigenvalue weighted by Crippen LogP contribution is -2.49. The summed E-state index contributed by atoms with van der Waals surface area (Å²) < 4.78 is 69.7. The number of halogens is 5. The van der Waals surface area contributed by atoms with Crippen LogP contribution in [0.15, 0.2) is 66.7 Å². The van der Waals surface area contributed by atoms with Crippen molar-refractivity contribution >= 4 is 5.91 Å². The Hall–Kier alpha value is -3.50. The lowest BCUT2D eigenvalue weighted by Gasteiger charge is -2.25. The Morgan fingerprint density at radius 3 is 2.32 bits per heavy atom. The molecule has 0 radical (unpaired) electrons. The number of hydrogen-bond acceptors (Lipinski definition) is 4. The number of ether oxygens (including phenoxy) is 1. The molecule has 0 unspecified atom stereocenters. The maximum Gasteiger partial charge on any atom is 0.573 e. The minimum Gasteiger partial charge on any atom is -0.405 e. The van der Waals surface area contributed by atoms with E-state index in [0.29, 0.717) is 12.6 Å². The van der Waals surface area contributed by atoms with Gasteiger partial charge in [0.15, 0.2) is 0 Å². The molecule has 0 aromatic heterocycles. The zero-order valence-electron chi connectivity index (χ0n) is 20.7. The number of aliphatic hydroxyl groups is 1. The van der Waals surface area contributed by atoms with Crippen molar-refractivity contribution in [3.8, 4) is 5.75 Å². The molecule has 0 heterocycles. The summed E-state index contributed by atoms with van der Waals surface area (Å²) in [7, 11) is 0. The van der Waals surface area contributed by atoms with Gasteiger partial charge in [-0.2, -0.15) is 0 Å². The average Bonchev–Trinajstić information content (AvgIpc) is 2.83. The van der Waals surface area contributed by atoms with Crippen molar-refractivity contribution in [1.82, 2.24) is 10.6 Å². The van der Waals surface area contributed by atoms with Crippen molar-refractivity contribution in [2.75, 3.05) is 6.54 Å². The number of hydrogen-bond donors (Lipinski definition) is 3. The SMILES string of the molecule is CCc1cccc(CNC[C@H](O)[C@H](Cc2cc(F)cc(F)c2)NC(=O)Cc2ccccc2OC(F)(F)F)c1. The molecule has 38 heavy (non-hydrogen) atoms. The van der Waals surface area contributed by atoms with Gasteiger partial charge >= 0.3 is 6.36 Å². The van der Waals surface area contributed by atoms with Gasteiger partial charge in [0.25, 0.3) is 0 Å². The fourth-order valence-corrected chi connectivity index (χ4v) is 4.04. The smallest absolute Gasteiger partial charge is 0.405 e. The highest BCUT2D eigenvalue weighted by atomic mass is 19.4. The van der Waals surface area contributed by atoms with Gasteiger partial charge in [0.05, 0.1) is 18.6 Å². The summed E-state index contributed by atoms with van der Waals surface area (Å²) in [6.45, 7) is 2.50. The van der Waals surface area contributed by atoms with Gasteiger partial charge in [0, 0.05) is 24.7 Å². The topological polar surface area (TPSA) is 70.6 Å². The first-order valence-corrected chi connectivity index (χ1v) is 12.1. The number of nitrogens with one attached hydrogen (secondary N) is 2. The van der Waals surface area contributed by atoms with E-state index >= 15 is 0 Å². The van der Waals surface area contributed by atoms with Crippen LogP contribution in [0.2, 0.25) is 0 Å². The number of aliphatic hydroxyl groups excluding tert-OH is 1. The normalized spacial score (nSPS) is 13.1. The highest BCUT2D eigenvalue weighted by Crippen LogP contribution is 2.26. The third kappa shape index (κ3) is 9.42. The molecular weight excluding hydrogens is 507 g/mol. The number of benzene rings is 3. The Labute approximate surface area is 217 Å². The van der Waals surface area contributed by atoms with Crippen LogP contribution in [-0.2, 0) is 30.6 Å². The Kier molecular flexibility index (Phi) is 10.2. The number of amides is 1. The van der Waals surface area contributed by atoms with Crippen molar-refractivity contribution in [2.45, 2.75) is 51.2 Å². The van der Waals surface area contributed by atoms with E-state index < -0.39 is 48.2 Å². The van der Waals surface area contributed by atoms with Crippen LogP contribution in [0.1, 0.15) is 29.2 Å². The van der Waals surface area contributed by atoms with E-state index in [4.69, 9.17) is 0 Å². The summed E-state index contributed by atoms with van der Waals surface area (Å²) in [5.74, 6) is -2.84. The number of alkyl halides is 3. The van der Waals surface area contributed by atoms with Crippen LogP contribution in [0.3, 0.4) is 0 Å². The lowest BCUT2D eigenvalue weighted by atomic mass is 10.00. The summed E-state index contributed by atoms with van der Waals surface area (Å²) in [6, 6.07) is 15.0. The second-order valence-corrected chi connectivity index (χ2v) is 8.86. The van der Waals surface area contributed by atoms with Gasteiger partial charge in [-0.3, -0.25) is 4.79 Å². The van der Waals surface area contributed by atoms with E-state index in [1.807, 2.05) is 31.2 Å². The number of carbonyl (C=O) groups is 1. The Morgan fingerprint density at radius 1 is 0.947 bits per heavy atom. The molecule has 3 rings (SSSR count). The molecule has 0 fully saturated rings. The quantitative estimate of drug-likeness (QED) is 0.290. The fraction of sp³-hybridized carbons (Fsp3) is 0.321. The lowest BCUT2D eigenvalue weighted by molar-refractivity contribution is -0.274. The van der Waals surface area contributed by atoms with Gasteiger partial charge in [-0.15, -0.1) is 13.2 Å². The van der Waals surface area contributed by atoms with Crippen LogP contribution < -0.4 is 15.4 Å². The van der Waals surface area contributed by atoms with Crippen molar-refractivity contribution in [2.24, 2.45) is 0 Å².